The first-order valence-corrected chi connectivity index (χ1v) is 13.8. The largest absolute Gasteiger partial charge is 0.439 e. The first-order chi connectivity index (χ1) is 18.0. The molecule has 37 heavy (non-hydrogen) atoms. The van der Waals surface area contributed by atoms with Crippen molar-refractivity contribution in [2.45, 2.75) is 23.8 Å². The van der Waals surface area contributed by atoms with Crippen LogP contribution in [0.4, 0.5) is 10.5 Å². The number of nitrogens with zero attached hydrogens (tertiary/aromatic N) is 2. The number of benzene rings is 3. The van der Waals surface area contributed by atoms with Gasteiger partial charge in [-0.25, -0.2) is 17.2 Å². The minimum atomic E-state index is -3.78. The molecule has 3 aliphatic heterocycles. The molecule has 3 aromatic carbocycles. The van der Waals surface area contributed by atoms with Crippen molar-refractivity contribution >= 4 is 38.8 Å². The van der Waals surface area contributed by atoms with E-state index in [0.717, 1.165) is 42.6 Å². The number of fused-ring (bicyclic) bond motifs is 4. The zero-order valence-corrected chi connectivity index (χ0v) is 21.0. The first kappa shape index (κ1) is 23.4. The third-order valence-electron chi connectivity index (χ3n) is 7.19. The average Bonchev–Trinajstić information content (AvgIpc) is 3.31. The average molecular weight is 514 g/mol. The van der Waals surface area contributed by atoms with Crippen LogP contribution < -0.4 is 5.32 Å². The third-order valence-corrected chi connectivity index (χ3v) is 8.88. The van der Waals surface area contributed by atoms with Gasteiger partial charge in [0.25, 0.3) is 10.0 Å². The molecule has 0 saturated carbocycles. The van der Waals surface area contributed by atoms with Gasteiger partial charge in [-0.3, -0.25) is 5.32 Å². The molecule has 1 N–H and O–H groups in total. The summed E-state index contributed by atoms with van der Waals surface area (Å²) in [6, 6.07) is 25.1. The lowest BCUT2D eigenvalue weighted by Gasteiger charge is -2.47. The number of nitrogens with one attached hydrogen (secondary N) is 1. The Morgan fingerprint density at radius 1 is 0.892 bits per heavy atom. The van der Waals surface area contributed by atoms with Gasteiger partial charge in [-0.2, -0.15) is 0 Å². The van der Waals surface area contributed by atoms with Crippen LogP contribution in [0.1, 0.15) is 18.4 Å². The summed E-state index contributed by atoms with van der Waals surface area (Å²) >= 11 is 0. The number of anilines is 1. The van der Waals surface area contributed by atoms with Crippen LogP contribution in [0.5, 0.6) is 0 Å². The highest BCUT2D eigenvalue weighted by molar-refractivity contribution is 7.90. The molecule has 7 nitrogen and oxygen atoms in total. The fraction of sp³-hybridized carbons (Fsp3) is 0.207. The van der Waals surface area contributed by atoms with Crippen LogP contribution in [-0.2, 0) is 14.8 Å². The minimum absolute atomic E-state index is 0.221. The lowest BCUT2D eigenvalue weighted by Crippen LogP contribution is -2.50. The Morgan fingerprint density at radius 3 is 2.27 bits per heavy atom. The van der Waals surface area contributed by atoms with Crippen LogP contribution >= 0.6 is 0 Å². The van der Waals surface area contributed by atoms with Crippen LogP contribution in [-0.4, -0.2) is 42.6 Å². The molecule has 2 bridgehead atoms. The highest BCUT2D eigenvalue weighted by Crippen LogP contribution is 2.39. The van der Waals surface area contributed by atoms with E-state index >= 15 is 0 Å². The van der Waals surface area contributed by atoms with Gasteiger partial charge in [-0.15, -0.1) is 0 Å². The van der Waals surface area contributed by atoms with Crippen molar-refractivity contribution in [1.82, 2.24) is 8.87 Å². The van der Waals surface area contributed by atoms with Gasteiger partial charge in [0.2, 0.25) is 0 Å². The monoisotopic (exact) mass is 513 g/mol. The lowest BCUT2D eigenvalue weighted by molar-refractivity contribution is 0.0103. The molecular weight excluding hydrogens is 486 g/mol. The fourth-order valence-corrected chi connectivity index (χ4v) is 6.75. The molecule has 1 amide bonds. The Bertz CT molecular complexity index is 1570. The van der Waals surface area contributed by atoms with Crippen molar-refractivity contribution in [1.29, 1.82) is 0 Å². The molecule has 0 spiro atoms. The second kappa shape index (κ2) is 9.44. The number of rotatable bonds is 5. The normalized spacial score (nSPS) is 20.3. The molecule has 3 fully saturated rings. The molecule has 1 atom stereocenters. The van der Waals surface area contributed by atoms with E-state index in [1.807, 2.05) is 60.7 Å². The lowest BCUT2D eigenvalue weighted by atomic mass is 9.82. The van der Waals surface area contributed by atoms with Gasteiger partial charge >= 0.3 is 6.09 Å². The van der Waals surface area contributed by atoms with E-state index in [9.17, 15) is 13.2 Å². The first-order valence-electron chi connectivity index (χ1n) is 12.4. The molecular formula is C29H27N3O4S. The summed E-state index contributed by atoms with van der Waals surface area (Å²) in [7, 11) is -3.78. The predicted octanol–water partition coefficient (Wildman–Crippen LogP) is 5.56. The van der Waals surface area contributed by atoms with Crippen molar-refractivity contribution in [3.63, 3.8) is 0 Å². The van der Waals surface area contributed by atoms with E-state index in [-0.39, 0.29) is 10.8 Å². The number of carbonyl (C=O) groups is 1. The van der Waals surface area contributed by atoms with Gasteiger partial charge in [0.05, 0.1) is 16.1 Å². The smallest absolute Gasteiger partial charge is 0.412 e. The Balaban J connectivity index is 1.38. The highest BCUT2D eigenvalue weighted by Gasteiger charge is 2.40. The van der Waals surface area contributed by atoms with E-state index in [1.54, 1.807) is 36.5 Å². The molecule has 4 aromatic rings. The fourth-order valence-electron chi connectivity index (χ4n) is 5.35. The van der Waals surface area contributed by atoms with Gasteiger partial charge < -0.3 is 9.64 Å². The maximum atomic E-state index is 13.5. The number of hydrogen-bond acceptors (Lipinski definition) is 5. The Kier molecular flexibility index (Phi) is 5.96. The number of ether oxygens (including phenoxy) is 1. The van der Waals surface area contributed by atoms with E-state index < -0.39 is 22.2 Å². The molecule has 188 valence electrons. The van der Waals surface area contributed by atoms with Crippen LogP contribution in [0, 0.1) is 5.92 Å². The van der Waals surface area contributed by atoms with Crippen molar-refractivity contribution in [2.75, 3.05) is 18.4 Å². The molecule has 8 heteroatoms. The zero-order valence-electron chi connectivity index (χ0n) is 20.2. The van der Waals surface area contributed by atoms with Crippen LogP contribution in [0.3, 0.4) is 0 Å². The highest BCUT2D eigenvalue weighted by atomic mass is 32.2. The molecule has 3 saturated heterocycles. The van der Waals surface area contributed by atoms with Gasteiger partial charge in [-0.05, 0) is 49.2 Å². The number of amides is 1. The third kappa shape index (κ3) is 4.38. The Labute approximate surface area is 216 Å². The van der Waals surface area contributed by atoms with Crippen LogP contribution in [0.2, 0.25) is 0 Å². The number of hydrogen-bond donors (Lipinski definition) is 1. The molecule has 0 radical (unpaired) electrons. The van der Waals surface area contributed by atoms with Crippen molar-refractivity contribution in [2.24, 2.45) is 5.92 Å². The predicted molar refractivity (Wildman–Crippen MR) is 144 cm³/mol. The van der Waals surface area contributed by atoms with Gasteiger partial charge in [0.15, 0.2) is 0 Å². The molecule has 1 unspecified atom stereocenters. The van der Waals surface area contributed by atoms with Gasteiger partial charge in [-0.1, -0.05) is 54.6 Å². The van der Waals surface area contributed by atoms with Crippen LogP contribution in [0.15, 0.2) is 102 Å². The molecule has 0 aliphatic carbocycles. The van der Waals surface area contributed by atoms with E-state index in [4.69, 9.17) is 4.74 Å². The second-order valence-electron chi connectivity index (χ2n) is 9.43. The standard InChI is InChI=1S/C29H27N3O4S/c33-29(30-23-9-3-1-4-10-23)36-28-21-15-17-31(18-16-21)27(28)19-22-20-32(26-14-8-7-13-25(22)26)37(34,35)24-11-5-2-6-12-24/h1-14,19-21,28H,15-18H2,(H,30,33)/b27-19-. The quantitative estimate of drug-likeness (QED) is 0.378. The SMILES string of the molecule is O=C(Nc1ccccc1)OC1/C(=C/c2cn(S(=O)(=O)c3ccccc3)c3ccccc23)N2CCC1CC2. The summed E-state index contributed by atoms with van der Waals surface area (Å²) in [6.07, 6.45) is 4.66. The number of carbonyl (C=O) groups excluding carboxylic acids is 1. The summed E-state index contributed by atoms with van der Waals surface area (Å²) in [5.41, 5.74) is 2.96. The number of aromatic nitrogens is 1. The van der Waals surface area contributed by atoms with E-state index in [1.165, 1.54) is 3.97 Å². The molecule has 7 rings (SSSR count). The van der Waals surface area contributed by atoms with Crippen molar-refractivity contribution < 1.29 is 17.9 Å². The summed E-state index contributed by atoms with van der Waals surface area (Å²) in [5.74, 6) is 0.221. The second-order valence-corrected chi connectivity index (χ2v) is 11.2. The molecule has 4 heterocycles. The maximum Gasteiger partial charge on any atom is 0.412 e. The number of para-hydroxylation sites is 2. The molecule has 3 aliphatic rings. The summed E-state index contributed by atoms with van der Waals surface area (Å²) in [5, 5.41) is 3.64. The minimum Gasteiger partial charge on any atom is -0.439 e. The van der Waals surface area contributed by atoms with Gasteiger partial charge in [0, 0.05) is 41.8 Å². The van der Waals surface area contributed by atoms with Gasteiger partial charge in [0.1, 0.15) is 6.10 Å². The van der Waals surface area contributed by atoms with E-state index in [2.05, 4.69) is 10.2 Å². The van der Waals surface area contributed by atoms with Crippen molar-refractivity contribution in [3.8, 4) is 0 Å². The topological polar surface area (TPSA) is 80.6 Å². The zero-order chi connectivity index (χ0) is 25.4. The summed E-state index contributed by atoms with van der Waals surface area (Å²) < 4.78 is 34.4. The molecule has 1 aromatic heterocycles. The van der Waals surface area contributed by atoms with E-state index in [0.29, 0.717) is 11.2 Å². The maximum absolute atomic E-state index is 13.5. The Hall–Kier alpha value is -4.04. The summed E-state index contributed by atoms with van der Waals surface area (Å²) in [6.45, 7) is 1.77. The summed E-state index contributed by atoms with van der Waals surface area (Å²) in [4.78, 5) is 15.3. The number of piperidine rings is 3. The Morgan fingerprint density at radius 2 is 1.54 bits per heavy atom. The van der Waals surface area contributed by atoms with Crippen LogP contribution in [0.25, 0.3) is 17.0 Å². The van der Waals surface area contributed by atoms with Crippen molar-refractivity contribution in [3.05, 3.63) is 102 Å².